The molecule has 1 aliphatic carbocycles. The van der Waals surface area contributed by atoms with Crippen LogP contribution in [0.15, 0.2) is 67.0 Å². The van der Waals surface area contributed by atoms with Gasteiger partial charge in [0.05, 0.1) is 23.6 Å². The van der Waals surface area contributed by atoms with Crippen LogP contribution in [0.1, 0.15) is 42.3 Å². The molecule has 2 aromatic heterocycles. The van der Waals surface area contributed by atoms with Crippen LogP contribution in [0.5, 0.6) is 11.5 Å². The van der Waals surface area contributed by atoms with Gasteiger partial charge in [-0.15, -0.1) is 0 Å². The third-order valence-corrected chi connectivity index (χ3v) is 5.51. The summed E-state index contributed by atoms with van der Waals surface area (Å²) in [5.41, 5.74) is 2.46. The van der Waals surface area contributed by atoms with Crippen LogP contribution < -0.4 is 14.8 Å². The number of aromatic nitrogens is 2. The average Bonchev–Trinajstić information content (AvgIpc) is 3.63. The van der Waals surface area contributed by atoms with Gasteiger partial charge in [-0.2, -0.15) is 13.2 Å². The van der Waals surface area contributed by atoms with E-state index in [2.05, 4.69) is 20.0 Å². The van der Waals surface area contributed by atoms with E-state index in [0.29, 0.717) is 12.3 Å². The maximum absolute atomic E-state index is 12.7. The molecule has 2 heterocycles. The Kier molecular flexibility index (Phi) is 7.00. The molecular formula is C25H24F3N3O3. The molecule has 9 heteroatoms. The summed E-state index contributed by atoms with van der Waals surface area (Å²) in [6.45, 7) is 0.790. The predicted octanol–water partition coefficient (Wildman–Crippen LogP) is 4.98. The number of pyridine rings is 2. The Morgan fingerprint density at radius 3 is 2.47 bits per heavy atom. The van der Waals surface area contributed by atoms with Gasteiger partial charge in [0.2, 0.25) is 5.91 Å². The minimum atomic E-state index is -4.41. The summed E-state index contributed by atoms with van der Waals surface area (Å²) in [5.74, 6) is 0.695. The van der Waals surface area contributed by atoms with E-state index in [1.54, 1.807) is 19.2 Å². The molecule has 34 heavy (non-hydrogen) atoms. The number of carbonyl (C=O) groups excluding carboxylic acids is 1. The highest BCUT2D eigenvalue weighted by Crippen LogP contribution is 2.48. The zero-order chi connectivity index (χ0) is 24.1. The van der Waals surface area contributed by atoms with Crippen molar-refractivity contribution in [3.63, 3.8) is 0 Å². The number of rotatable bonds is 9. The lowest BCUT2D eigenvalue weighted by Crippen LogP contribution is -2.29. The fourth-order valence-corrected chi connectivity index (χ4v) is 3.60. The van der Waals surface area contributed by atoms with Crippen LogP contribution in [0.2, 0.25) is 0 Å². The van der Waals surface area contributed by atoms with Crippen molar-refractivity contribution in [3.8, 4) is 11.5 Å². The fourth-order valence-electron chi connectivity index (χ4n) is 3.60. The highest BCUT2D eigenvalue weighted by Gasteiger charge is 2.44. The van der Waals surface area contributed by atoms with Gasteiger partial charge in [0.15, 0.2) is 6.61 Å². The van der Waals surface area contributed by atoms with Gasteiger partial charge >= 0.3 is 6.18 Å². The number of amides is 1. The summed E-state index contributed by atoms with van der Waals surface area (Å²) in [6.07, 6.45) is -0.710. The molecule has 1 aromatic carbocycles. The highest BCUT2D eigenvalue weighted by molar-refractivity contribution is 5.83. The average molecular weight is 471 g/mol. The topological polar surface area (TPSA) is 73.3 Å². The molecule has 0 spiro atoms. The molecule has 178 valence electrons. The van der Waals surface area contributed by atoms with Crippen molar-refractivity contribution >= 4 is 5.91 Å². The van der Waals surface area contributed by atoms with E-state index in [9.17, 15) is 18.0 Å². The first kappa shape index (κ1) is 23.5. The summed E-state index contributed by atoms with van der Waals surface area (Å²) in [6, 6.07) is 15.9. The van der Waals surface area contributed by atoms with E-state index >= 15 is 0 Å². The van der Waals surface area contributed by atoms with Crippen molar-refractivity contribution in [1.82, 2.24) is 15.3 Å². The van der Waals surface area contributed by atoms with Crippen LogP contribution in [-0.4, -0.2) is 28.7 Å². The normalized spacial score (nSPS) is 18.1. The number of halogens is 3. The van der Waals surface area contributed by atoms with Gasteiger partial charge in [-0.1, -0.05) is 18.2 Å². The third kappa shape index (κ3) is 6.46. The van der Waals surface area contributed by atoms with Gasteiger partial charge in [-0.05, 0) is 61.2 Å². The third-order valence-electron chi connectivity index (χ3n) is 5.51. The molecular weight excluding hydrogens is 447 g/mol. The first-order chi connectivity index (χ1) is 16.3. The molecule has 0 saturated heterocycles. The molecule has 1 saturated carbocycles. The minimum absolute atomic E-state index is 0.0225. The van der Waals surface area contributed by atoms with Gasteiger partial charge in [0, 0.05) is 12.1 Å². The van der Waals surface area contributed by atoms with Crippen LogP contribution in [0.25, 0.3) is 0 Å². The molecule has 4 rings (SSSR count). The lowest BCUT2D eigenvalue weighted by molar-refractivity contribution is -0.153. The number of nitrogens with one attached hydrogen (secondary N) is 1. The zero-order valence-electron chi connectivity index (χ0n) is 18.5. The van der Waals surface area contributed by atoms with Crippen LogP contribution >= 0.6 is 0 Å². The number of benzene rings is 1. The maximum Gasteiger partial charge on any atom is 0.422 e. The second-order valence-electron chi connectivity index (χ2n) is 8.18. The standard InChI is InChI=1S/C25H24F3N3O3/c1-16(23-10-9-20(13-30-23)34-15-25(26,27)28)31-24(32)22-12-21(22)17-5-7-19(8-6-17)33-14-18-4-2-3-11-29-18/h2-11,13,16,21-22H,12,14-15H2,1H3,(H,31,32)/t16?,21-,22+/m1/s1. The lowest BCUT2D eigenvalue weighted by Gasteiger charge is -2.14. The van der Waals surface area contributed by atoms with Crippen molar-refractivity contribution in [1.29, 1.82) is 0 Å². The molecule has 6 nitrogen and oxygen atoms in total. The van der Waals surface area contributed by atoms with Gasteiger partial charge in [-0.25, -0.2) is 0 Å². The van der Waals surface area contributed by atoms with E-state index < -0.39 is 12.8 Å². The summed E-state index contributed by atoms with van der Waals surface area (Å²) >= 11 is 0. The summed E-state index contributed by atoms with van der Waals surface area (Å²) in [4.78, 5) is 21.0. The molecule has 1 aliphatic rings. The molecule has 3 aromatic rings. The van der Waals surface area contributed by atoms with Crippen molar-refractivity contribution in [2.45, 2.75) is 38.1 Å². The number of hydrogen-bond acceptors (Lipinski definition) is 5. The molecule has 1 amide bonds. The Balaban J connectivity index is 1.25. The number of nitrogens with zero attached hydrogens (tertiary/aromatic N) is 2. The Morgan fingerprint density at radius 1 is 1.06 bits per heavy atom. The second kappa shape index (κ2) is 10.1. The van der Waals surface area contributed by atoms with E-state index in [1.807, 2.05) is 42.5 Å². The van der Waals surface area contributed by atoms with E-state index in [1.165, 1.54) is 12.3 Å². The van der Waals surface area contributed by atoms with Gasteiger partial charge < -0.3 is 14.8 Å². The lowest BCUT2D eigenvalue weighted by atomic mass is 10.1. The van der Waals surface area contributed by atoms with Crippen LogP contribution in [-0.2, 0) is 11.4 Å². The SMILES string of the molecule is CC(NC(=O)[C@H]1C[C@@H]1c1ccc(OCc2ccccn2)cc1)c1ccc(OCC(F)(F)F)cn1. The Labute approximate surface area is 195 Å². The van der Waals surface area contributed by atoms with Crippen molar-refractivity contribution in [2.24, 2.45) is 5.92 Å². The summed E-state index contributed by atoms with van der Waals surface area (Å²) in [7, 11) is 0. The van der Waals surface area contributed by atoms with Gasteiger partial charge in [0.1, 0.15) is 18.1 Å². The van der Waals surface area contributed by atoms with Gasteiger partial charge in [-0.3, -0.25) is 14.8 Å². The molecule has 3 atom stereocenters. The Morgan fingerprint density at radius 2 is 1.82 bits per heavy atom. The van der Waals surface area contributed by atoms with Crippen LogP contribution in [0.4, 0.5) is 13.2 Å². The Hall–Kier alpha value is -3.62. The first-order valence-electron chi connectivity index (χ1n) is 10.9. The number of hydrogen-bond donors (Lipinski definition) is 1. The molecule has 1 fully saturated rings. The molecule has 0 bridgehead atoms. The van der Waals surface area contributed by atoms with E-state index in [4.69, 9.17) is 4.74 Å². The first-order valence-corrected chi connectivity index (χ1v) is 10.9. The molecule has 1 N–H and O–H groups in total. The maximum atomic E-state index is 12.7. The van der Waals surface area contributed by atoms with Crippen LogP contribution in [0, 0.1) is 5.92 Å². The molecule has 1 unspecified atom stereocenters. The second-order valence-corrected chi connectivity index (χ2v) is 8.18. The monoisotopic (exact) mass is 471 g/mol. The largest absolute Gasteiger partial charge is 0.487 e. The minimum Gasteiger partial charge on any atom is -0.487 e. The number of alkyl halides is 3. The molecule has 0 aliphatic heterocycles. The predicted molar refractivity (Wildman–Crippen MR) is 118 cm³/mol. The summed E-state index contributed by atoms with van der Waals surface area (Å²) < 4.78 is 47.1. The Bertz CT molecular complexity index is 1090. The van der Waals surface area contributed by atoms with Crippen molar-refractivity contribution in [2.75, 3.05) is 6.61 Å². The molecule has 0 radical (unpaired) electrons. The highest BCUT2D eigenvalue weighted by atomic mass is 19.4. The van der Waals surface area contributed by atoms with Gasteiger partial charge in [0.25, 0.3) is 0 Å². The number of ether oxygens (including phenoxy) is 2. The van der Waals surface area contributed by atoms with Crippen LogP contribution in [0.3, 0.4) is 0 Å². The summed E-state index contributed by atoms with van der Waals surface area (Å²) in [5, 5.41) is 2.93. The van der Waals surface area contributed by atoms with E-state index in [0.717, 1.165) is 23.4 Å². The van der Waals surface area contributed by atoms with Crippen molar-refractivity contribution in [3.05, 3.63) is 83.9 Å². The zero-order valence-corrected chi connectivity index (χ0v) is 18.5. The fraction of sp³-hybridized carbons (Fsp3) is 0.320. The smallest absolute Gasteiger partial charge is 0.422 e. The van der Waals surface area contributed by atoms with E-state index in [-0.39, 0.29) is 29.5 Å². The number of carbonyl (C=O) groups is 1. The van der Waals surface area contributed by atoms with Crippen molar-refractivity contribution < 1.29 is 27.4 Å². The quantitative estimate of drug-likeness (QED) is 0.477.